The number of rotatable bonds is 6. The molecule has 108 valence electrons. The molecule has 0 fully saturated rings. The van der Waals surface area contributed by atoms with Crippen molar-refractivity contribution in [3.8, 4) is 12.1 Å². The van der Waals surface area contributed by atoms with Gasteiger partial charge >= 0.3 is 0 Å². The van der Waals surface area contributed by atoms with Gasteiger partial charge in [0, 0.05) is 22.3 Å². The van der Waals surface area contributed by atoms with E-state index in [0.29, 0.717) is 5.56 Å². The van der Waals surface area contributed by atoms with E-state index in [1.165, 1.54) is 35.7 Å². The second kappa shape index (κ2) is 8.35. The lowest BCUT2D eigenvalue weighted by molar-refractivity contribution is -0.384. The quantitative estimate of drug-likeness (QED) is 0.583. The van der Waals surface area contributed by atoms with Crippen LogP contribution in [-0.4, -0.2) is 17.4 Å². The highest BCUT2D eigenvalue weighted by atomic mass is 32.2. The lowest BCUT2D eigenvalue weighted by Gasteiger charge is -2.15. The number of nitro groups is 1. The lowest BCUT2D eigenvalue weighted by Crippen LogP contribution is -2.08. The van der Waals surface area contributed by atoms with Gasteiger partial charge < -0.3 is 0 Å². The molecule has 0 aliphatic heterocycles. The minimum atomic E-state index is -0.833. The van der Waals surface area contributed by atoms with Gasteiger partial charge in [0.1, 0.15) is 5.92 Å². The van der Waals surface area contributed by atoms with Crippen LogP contribution in [-0.2, 0) is 0 Å². The number of allylic oxidation sites excluding steroid dienone is 1. The van der Waals surface area contributed by atoms with Crippen molar-refractivity contribution in [3.63, 3.8) is 0 Å². The second-order valence-corrected chi connectivity index (χ2v) is 5.96. The summed E-state index contributed by atoms with van der Waals surface area (Å²) >= 11 is 3.07. The molecule has 0 spiro atoms. The topological polar surface area (TPSA) is 90.7 Å². The Morgan fingerprint density at radius 1 is 1.24 bits per heavy atom. The van der Waals surface area contributed by atoms with Crippen LogP contribution in [0.25, 0.3) is 0 Å². The molecule has 0 aliphatic carbocycles. The van der Waals surface area contributed by atoms with Crippen LogP contribution in [0.5, 0.6) is 0 Å². The summed E-state index contributed by atoms with van der Waals surface area (Å²) in [6.45, 7) is 0. The highest BCUT2D eigenvalue weighted by molar-refractivity contribution is 8.21. The van der Waals surface area contributed by atoms with E-state index in [-0.39, 0.29) is 5.69 Å². The van der Waals surface area contributed by atoms with Crippen LogP contribution in [0.3, 0.4) is 0 Å². The van der Waals surface area contributed by atoms with E-state index in [2.05, 4.69) is 0 Å². The smallest absolute Gasteiger partial charge is 0.258 e. The first-order chi connectivity index (χ1) is 10.1. The predicted octanol–water partition coefficient (Wildman–Crippen LogP) is 3.91. The molecule has 5 nitrogen and oxygen atoms in total. The SMILES string of the molecule is CSC(=CC(c1ccc([N+](=O)[O-])cc1)C(C#N)C#N)SC. The van der Waals surface area contributed by atoms with Crippen molar-refractivity contribution in [1.29, 1.82) is 10.5 Å². The average Bonchev–Trinajstić information content (AvgIpc) is 2.51. The fourth-order valence-corrected chi connectivity index (χ4v) is 2.99. The van der Waals surface area contributed by atoms with Gasteiger partial charge in [0.05, 0.1) is 17.1 Å². The molecule has 0 amide bonds. The van der Waals surface area contributed by atoms with Crippen molar-refractivity contribution in [2.45, 2.75) is 5.92 Å². The second-order valence-electron chi connectivity index (χ2n) is 4.00. The van der Waals surface area contributed by atoms with Gasteiger partial charge in [-0.2, -0.15) is 10.5 Å². The molecule has 1 unspecified atom stereocenters. The van der Waals surface area contributed by atoms with Gasteiger partial charge in [-0.25, -0.2) is 0 Å². The molecule has 1 rings (SSSR count). The monoisotopic (exact) mass is 319 g/mol. The zero-order valence-electron chi connectivity index (χ0n) is 11.5. The summed E-state index contributed by atoms with van der Waals surface area (Å²) in [7, 11) is 0. The predicted molar refractivity (Wildman–Crippen MR) is 85.7 cm³/mol. The van der Waals surface area contributed by atoms with Crippen LogP contribution in [0, 0.1) is 38.7 Å². The lowest BCUT2D eigenvalue weighted by atomic mass is 9.88. The van der Waals surface area contributed by atoms with Crippen molar-refractivity contribution in [1.82, 2.24) is 0 Å². The maximum Gasteiger partial charge on any atom is 0.269 e. The van der Waals surface area contributed by atoms with Gasteiger partial charge in [0.25, 0.3) is 5.69 Å². The fourth-order valence-electron chi connectivity index (χ4n) is 1.76. The van der Waals surface area contributed by atoms with Crippen molar-refractivity contribution >= 4 is 29.2 Å². The zero-order chi connectivity index (χ0) is 15.8. The van der Waals surface area contributed by atoms with E-state index in [0.717, 1.165) is 4.24 Å². The van der Waals surface area contributed by atoms with Gasteiger partial charge in [-0.1, -0.05) is 18.2 Å². The van der Waals surface area contributed by atoms with Crippen LogP contribution in [0.1, 0.15) is 11.5 Å². The van der Waals surface area contributed by atoms with Gasteiger partial charge in [0.15, 0.2) is 0 Å². The van der Waals surface area contributed by atoms with Crippen LogP contribution < -0.4 is 0 Å². The third kappa shape index (κ3) is 4.52. The first-order valence-electron chi connectivity index (χ1n) is 5.90. The maximum absolute atomic E-state index is 10.7. The van der Waals surface area contributed by atoms with Crippen molar-refractivity contribution in [2.24, 2.45) is 5.92 Å². The molecule has 0 saturated heterocycles. The number of benzene rings is 1. The standard InChI is InChI=1S/C14H13N3O2S2/c1-20-14(21-2)7-13(11(8-15)9-16)10-3-5-12(6-4-10)17(18)19/h3-7,11,13H,1-2H3. The van der Waals surface area contributed by atoms with Crippen LogP contribution in [0.15, 0.2) is 34.6 Å². The first-order valence-corrected chi connectivity index (χ1v) is 8.35. The normalized spacial score (nSPS) is 11.3. The summed E-state index contributed by atoms with van der Waals surface area (Å²) in [5, 5.41) is 29.0. The molecule has 0 aliphatic rings. The maximum atomic E-state index is 10.7. The Morgan fingerprint density at radius 3 is 2.14 bits per heavy atom. The Morgan fingerprint density at radius 2 is 1.76 bits per heavy atom. The molecule has 7 heteroatoms. The van der Waals surface area contributed by atoms with Gasteiger partial charge in [0.2, 0.25) is 0 Å². The molecule has 1 aromatic rings. The summed E-state index contributed by atoms with van der Waals surface area (Å²) in [5.74, 6) is -1.24. The highest BCUT2D eigenvalue weighted by Crippen LogP contribution is 2.33. The summed E-state index contributed by atoms with van der Waals surface area (Å²) in [5.41, 5.74) is 0.705. The van der Waals surface area contributed by atoms with Crippen molar-refractivity contribution < 1.29 is 4.92 Å². The van der Waals surface area contributed by atoms with E-state index < -0.39 is 16.8 Å². The third-order valence-electron chi connectivity index (χ3n) is 2.84. The first kappa shape index (κ1) is 17.1. The third-order valence-corrected chi connectivity index (χ3v) is 4.92. The minimum Gasteiger partial charge on any atom is -0.258 e. The number of nitriles is 2. The van der Waals surface area contributed by atoms with Crippen molar-refractivity contribution in [3.05, 3.63) is 50.3 Å². The molecular weight excluding hydrogens is 306 g/mol. The molecule has 21 heavy (non-hydrogen) atoms. The Hall–Kier alpha value is -1.96. The number of hydrogen-bond donors (Lipinski definition) is 0. The molecule has 1 aromatic carbocycles. The summed E-state index contributed by atoms with van der Waals surface area (Å²) < 4.78 is 0.994. The summed E-state index contributed by atoms with van der Waals surface area (Å²) in [6, 6.07) is 9.94. The zero-order valence-corrected chi connectivity index (χ0v) is 13.1. The molecule has 0 bridgehead atoms. The fraction of sp³-hybridized carbons (Fsp3) is 0.286. The van der Waals surface area contributed by atoms with E-state index in [1.807, 2.05) is 30.7 Å². The van der Waals surface area contributed by atoms with Gasteiger partial charge in [-0.3, -0.25) is 10.1 Å². The number of thioether (sulfide) groups is 2. The van der Waals surface area contributed by atoms with E-state index in [4.69, 9.17) is 10.5 Å². The van der Waals surface area contributed by atoms with Gasteiger partial charge in [-0.15, -0.1) is 23.5 Å². The molecule has 0 saturated carbocycles. The highest BCUT2D eigenvalue weighted by Gasteiger charge is 2.22. The van der Waals surface area contributed by atoms with Crippen LogP contribution >= 0.6 is 23.5 Å². The Kier molecular flexibility index (Phi) is 6.80. The molecule has 0 N–H and O–H groups in total. The van der Waals surface area contributed by atoms with E-state index in [9.17, 15) is 10.1 Å². The van der Waals surface area contributed by atoms with Crippen LogP contribution in [0.4, 0.5) is 5.69 Å². The molecular formula is C14H13N3O2S2. The number of nitrogens with zero attached hydrogens (tertiary/aromatic N) is 3. The Balaban J connectivity index is 3.24. The van der Waals surface area contributed by atoms with Crippen LogP contribution in [0.2, 0.25) is 0 Å². The Bertz CT molecular complexity index is 595. The average molecular weight is 319 g/mol. The molecule has 0 aromatic heterocycles. The number of nitro benzene ring substituents is 1. The molecule has 0 radical (unpaired) electrons. The Labute approximate surface area is 131 Å². The number of hydrogen-bond acceptors (Lipinski definition) is 6. The molecule has 1 atom stereocenters. The summed E-state index contributed by atoms with van der Waals surface area (Å²) in [4.78, 5) is 10.2. The van der Waals surface area contributed by atoms with E-state index >= 15 is 0 Å². The van der Waals surface area contributed by atoms with E-state index in [1.54, 1.807) is 12.1 Å². The largest absolute Gasteiger partial charge is 0.269 e. The van der Waals surface area contributed by atoms with Crippen molar-refractivity contribution in [2.75, 3.05) is 12.5 Å². The van der Waals surface area contributed by atoms with Gasteiger partial charge in [-0.05, 0) is 18.1 Å². The molecule has 0 heterocycles. The minimum absolute atomic E-state index is 0.0121. The number of non-ortho nitro benzene ring substituents is 1. The summed E-state index contributed by atoms with van der Waals surface area (Å²) in [6.07, 6.45) is 5.71.